The van der Waals surface area contributed by atoms with Gasteiger partial charge in [0.2, 0.25) is 0 Å². The van der Waals surface area contributed by atoms with Crippen LogP contribution in [0.3, 0.4) is 0 Å². The Morgan fingerprint density at radius 2 is 2.58 bits per heavy atom. The Bertz CT molecular complexity index is 564. The Labute approximate surface area is 72.8 Å². The van der Waals surface area contributed by atoms with E-state index in [1.807, 2.05) is 0 Å². The van der Waals surface area contributed by atoms with E-state index < -0.39 is 5.91 Å². The molecule has 0 fully saturated rings. The lowest BCUT2D eigenvalue weighted by atomic mass is 10.2. The highest BCUT2D eigenvalue weighted by atomic mass is 16.1. The number of pyridine rings is 1. The summed E-state index contributed by atoms with van der Waals surface area (Å²) in [5.41, 5.74) is 5.36. The first-order chi connectivity index (χ1) is 7.02. The second-order valence-electron chi connectivity index (χ2n) is 2.23. The molecule has 2 aromatic heterocycles. The van der Waals surface area contributed by atoms with Gasteiger partial charge in [-0.1, -0.05) is 6.07 Å². The fourth-order valence-electron chi connectivity index (χ4n) is 0.950. The van der Waals surface area contributed by atoms with Crippen LogP contribution in [0.4, 0.5) is 0 Å². The van der Waals surface area contributed by atoms with Gasteiger partial charge in [0, 0.05) is 6.17 Å². The van der Waals surface area contributed by atoms with Crippen LogP contribution in [-0.2, 0) is 0 Å². The van der Waals surface area contributed by atoms with Crippen molar-refractivity contribution in [3.8, 4) is 0 Å². The van der Waals surface area contributed by atoms with E-state index in [0.717, 1.165) is 4.52 Å². The van der Waals surface area contributed by atoms with Crippen molar-refractivity contribution in [2.45, 2.75) is 0 Å². The van der Waals surface area contributed by atoms with E-state index in [1.165, 1.54) is 12.3 Å². The van der Waals surface area contributed by atoms with Gasteiger partial charge in [-0.05, 0) is 12.1 Å². The molecular weight excluding hydrogens is 154 g/mol. The van der Waals surface area contributed by atoms with Gasteiger partial charge in [0.1, 0.15) is 0 Å². The lowest BCUT2D eigenvalue weighted by Crippen LogP contribution is -2.10. The molecule has 2 N–H and O–H groups in total. The first kappa shape index (κ1) is 4.25. The minimum Gasteiger partial charge on any atom is -0.365 e. The molecule has 4 heteroatoms. The molecule has 0 radical (unpaired) electrons. The van der Waals surface area contributed by atoms with Crippen LogP contribution in [0.5, 0.6) is 0 Å². The van der Waals surface area contributed by atoms with Crippen LogP contribution in [0.2, 0.25) is 0 Å². The zero-order valence-electron chi connectivity index (χ0n) is 9.03. The number of nitrogens with two attached hydrogens (primary N) is 1. The van der Waals surface area contributed by atoms with Gasteiger partial charge in [-0.2, -0.15) is 5.10 Å². The van der Waals surface area contributed by atoms with Crippen LogP contribution in [0, 0.1) is 0 Å². The zero-order valence-corrected chi connectivity index (χ0v) is 6.03. The van der Waals surface area contributed by atoms with Crippen molar-refractivity contribution in [3.05, 3.63) is 36.1 Å². The van der Waals surface area contributed by atoms with Gasteiger partial charge in [0.05, 0.1) is 21.4 Å². The third-order valence-corrected chi connectivity index (χ3v) is 1.49. The van der Waals surface area contributed by atoms with Crippen molar-refractivity contribution in [2.75, 3.05) is 0 Å². The maximum absolute atomic E-state index is 11.0. The number of fused-ring (bicyclic) bond motifs is 1. The number of amides is 1. The van der Waals surface area contributed by atoms with Gasteiger partial charge < -0.3 is 5.73 Å². The Morgan fingerprint density at radius 1 is 1.75 bits per heavy atom. The predicted octanol–water partition coefficient (Wildman–Crippen LogP) is 0.433. The summed E-state index contributed by atoms with van der Waals surface area (Å²) in [6, 6.07) is 1.03. The lowest BCUT2D eigenvalue weighted by Gasteiger charge is -1.91. The number of carbonyl (C=O) groups excluding carboxylic acids is 1. The Hall–Kier alpha value is -1.84. The topological polar surface area (TPSA) is 60.4 Å². The second kappa shape index (κ2) is 2.34. The monoisotopic (exact) mass is 164 g/mol. The number of aromatic nitrogens is 2. The molecule has 0 unspecified atom stereocenters. The summed E-state index contributed by atoms with van der Waals surface area (Å²) >= 11 is 0. The third-order valence-electron chi connectivity index (χ3n) is 1.49. The average Bonchev–Trinajstić information content (AvgIpc) is 2.58. The largest absolute Gasteiger partial charge is 0.365 e. The van der Waals surface area contributed by atoms with Crippen molar-refractivity contribution in [2.24, 2.45) is 5.73 Å². The summed E-state index contributed by atoms with van der Waals surface area (Å²) < 4.78 is 23.5. The van der Waals surface area contributed by atoms with Crippen LogP contribution in [-0.4, -0.2) is 15.5 Å². The number of hydrogen-bond acceptors (Lipinski definition) is 2. The lowest BCUT2D eigenvalue weighted by molar-refractivity contribution is 0.100. The van der Waals surface area contributed by atoms with Crippen molar-refractivity contribution >= 4 is 11.4 Å². The molecule has 4 nitrogen and oxygen atoms in total. The van der Waals surface area contributed by atoms with Gasteiger partial charge in [-0.25, -0.2) is 4.52 Å². The van der Waals surface area contributed by atoms with Gasteiger partial charge in [-0.3, -0.25) is 4.79 Å². The van der Waals surface area contributed by atoms with Gasteiger partial charge in [-0.15, -0.1) is 0 Å². The molecule has 0 aliphatic heterocycles. The summed E-state index contributed by atoms with van der Waals surface area (Å²) in [5.74, 6) is -0.698. The summed E-state index contributed by atoms with van der Waals surface area (Å²) in [7, 11) is 0. The second-order valence-corrected chi connectivity index (χ2v) is 2.23. The number of carbonyl (C=O) groups is 1. The molecule has 0 bridgehead atoms. The summed E-state index contributed by atoms with van der Waals surface area (Å²) in [5, 5.41) is 3.75. The fraction of sp³-hybridized carbons (Fsp3) is 0. The van der Waals surface area contributed by atoms with Crippen molar-refractivity contribution < 1.29 is 8.91 Å². The molecule has 2 rings (SSSR count). The van der Waals surface area contributed by atoms with E-state index in [2.05, 4.69) is 5.10 Å². The molecule has 0 atom stereocenters. The highest BCUT2D eigenvalue weighted by Crippen LogP contribution is 2.07. The van der Waals surface area contributed by atoms with Crippen molar-refractivity contribution in [1.82, 2.24) is 9.61 Å². The standard InChI is InChI=1S/C8H7N3O/c9-8(12)6-5-10-11-4-2-1-3-7(6)11/h1-5H,(H2,9,12)/i2D,3D,4D. The van der Waals surface area contributed by atoms with Gasteiger partial charge in [0.15, 0.2) is 0 Å². The van der Waals surface area contributed by atoms with Crippen LogP contribution in [0.15, 0.2) is 30.5 Å². The molecule has 0 saturated heterocycles. The normalized spacial score (nSPS) is 13.8. The van der Waals surface area contributed by atoms with Crippen molar-refractivity contribution in [3.63, 3.8) is 0 Å². The minimum absolute atomic E-state index is 0.0395. The van der Waals surface area contributed by atoms with E-state index in [-0.39, 0.29) is 29.3 Å². The molecular formula is C8H7N3O. The van der Waals surface area contributed by atoms with E-state index in [0.29, 0.717) is 0 Å². The smallest absolute Gasteiger partial charge is 0.252 e. The molecule has 2 heterocycles. The van der Waals surface area contributed by atoms with Crippen LogP contribution in [0.1, 0.15) is 14.5 Å². The number of hydrogen-bond donors (Lipinski definition) is 1. The summed E-state index contributed by atoms with van der Waals surface area (Å²) in [6.07, 6.45) is 1.03. The minimum atomic E-state index is -0.698. The number of rotatable bonds is 1. The molecule has 0 spiro atoms. The molecule has 1 amide bonds. The molecule has 0 aliphatic carbocycles. The molecule has 0 aliphatic rings. The molecule has 12 heavy (non-hydrogen) atoms. The van der Waals surface area contributed by atoms with Crippen molar-refractivity contribution in [1.29, 1.82) is 0 Å². The highest BCUT2D eigenvalue weighted by molar-refractivity contribution is 5.99. The first-order valence-electron chi connectivity index (χ1n) is 4.76. The Balaban J connectivity index is 2.93. The maximum atomic E-state index is 11.0. The van der Waals surface area contributed by atoms with Crippen LogP contribution in [0.25, 0.3) is 5.52 Å². The van der Waals surface area contributed by atoms with Gasteiger partial charge in [0.25, 0.3) is 5.91 Å². The Morgan fingerprint density at radius 3 is 3.33 bits per heavy atom. The van der Waals surface area contributed by atoms with E-state index in [9.17, 15) is 4.79 Å². The number of primary amides is 1. The van der Waals surface area contributed by atoms with E-state index in [4.69, 9.17) is 9.85 Å². The fourth-order valence-corrected chi connectivity index (χ4v) is 0.950. The third kappa shape index (κ3) is 0.852. The predicted molar refractivity (Wildman–Crippen MR) is 43.7 cm³/mol. The summed E-state index contributed by atoms with van der Waals surface area (Å²) in [6.45, 7) is 0. The quantitative estimate of drug-likeness (QED) is 0.664. The number of nitrogens with zero attached hydrogens (tertiary/aromatic N) is 2. The van der Waals surface area contributed by atoms with Gasteiger partial charge >= 0.3 is 0 Å². The highest BCUT2D eigenvalue weighted by Gasteiger charge is 2.06. The van der Waals surface area contributed by atoms with Crippen LogP contribution < -0.4 is 5.73 Å². The molecule has 2 aromatic rings. The average molecular weight is 164 g/mol. The summed E-state index contributed by atoms with van der Waals surface area (Å²) in [4.78, 5) is 11.0. The molecule has 60 valence electrons. The van der Waals surface area contributed by atoms with E-state index >= 15 is 0 Å². The molecule has 0 saturated carbocycles. The first-order valence-corrected chi connectivity index (χ1v) is 3.26. The SMILES string of the molecule is [2H]c1cc([2H])c2c(C(N)=O)cnn2c1[2H]. The van der Waals surface area contributed by atoms with E-state index in [1.54, 1.807) is 0 Å². The zero-order chi connectivity index (χ0) is 11.2. The maximum Gasteiger partial charge on any atom is 0.252 e. The Kier molecular flexibility index (Phi) is 0.828. The van der Waals surface area contributed by atoms with Crippen LogP contribution >= 0.6 is 0 Å². The molecule has 0 aromatic carbocycles.